The van der Waals surface area contributed by atoms with Crippen LogP contribution in [0.1, 0.15) is 25.0 Å². The van der Waals surface area contributed by atoms with Gasteiger partial charge in [0.2, 0.25) is 0 Å². The van der Waals surface area contributed by atoms with E-state index < -0.39 is 8.07 Å². The molecule has 1 aliphatic heterocycles. The van der Waals surface area contributed by atoms with E-state index in [2.05, 4.69) is 232 Å². The molecule has 0 spiro atoms. The Morgan fingerprint density at radius 1 is 0.426 bits per heavy atom. The van der Waals surface area contributed by atoms with Crippen LogP contribution in [0.3, 0.4) is 0 Å². The van der Waals surface area contributed by atoms with Crippen LogP contribution in [-0.2, 0) is 5.41 Å². The van der Waals surface area contributed by atoms with Crippen molar-refractivity contribution < 1.29 is 4.74 Å². The molecule has 0 fully saturated rings. The van der Waals surface area contributed by atoms with Crippen molar-refractivity contribution in [2.24, 2.45) is 0 Å². The second-order valence-corrected chi connectivity index (χ2v) is 21.3. The number of para-hydroxylation sites is 1. The first-order valence-corrected chi connectivity index (χ1v) is 23.8. The van der Waals surface area contributed by atoms with Crippen LogP contribution in [0.2, 0.25) is 6.55 Å². The normalized spacial score (nSPS) is 15.8. The lowest BCUT2D eigenvalue weighted by atomic mass is 9.82. The largest absolute Gasteiger partial charge is 0.457 e. The van der Waals surface area contributed by atoms with Gasteiger partial charge in [0, 0.05) is 28.0 Å². The minimum atomic E-state index is -2.40. The number of fused-ring (bicyclic) bond motifs is 12. The Bertz CT molecular complexity index is 3340. The van der Waals surface area contributed by atoms with E-state index >= 15 is 0 Å². The van der Waals surface area contributed by atoms with E-state index in [-0.39, 0.29) is 5.41 Å². The van der Waals surface area contributed by atoms with E-state index in [9.17, 15) is 0 Å². The second kappa shape index (κ2) is 13.4. The van der Waals surface area contributed by atoms with Gasteiger partial charge >= 0.3 is 0 Å². The standard InChI is InChI=1S/C58H43NOSi/c1-58(2)51-34-35-55-57(60-53-24-14-15-25-54(53)61(55,3)43-18-8-5-9-19-43)56(51)49-33-31-42(37-52(49)58)59(40-28-26-39(27-29-40)38-16-6-4-7-17-38)41-30-32-48-46-22-11-10-20-44(46)45-21-12-13-23-47(45)50(48)36-41/h4-37H,1-3H3. The van der Waals surface area contributed by atoms with E-state index in [1.807, 2.05) is 0 Å². The van der Waals surface area contributed by atoms with Crippen LogP contribution in [-0.4, -0.2) is 8.07 Å². The van der Waals surface area contributed by atoms with Gasteiger partial charge in [-0.3, -0.25) is 0 Å². The molecule has 0 saturated heterocycles. The van der Waals surface area contributed by atoms with Gasteiger partial charge in [0.1, 0.15) is 11.5 Å². The molecule has 10 aromatic rings. The number of ether oxygens (including phenoxy) is 1. The average molecular weight is 798 g/mol. The number of benzene rings is 10. The van der Waals surface area contributed by atoms with Crippen LogP contribution < -0.4 is 25.2 Å². The number of anilines is 3. The van der Waals surface area contributed by atoms with E-state index in [0.717, 1.165) is 28.6 Å². The maximum Gasteiger partial charge on any atom is 0.155 e. The highest BCUT2D eigenvalue weighted by Gasteiger charge is 2.46. The molecule has 0 amide bonds. The lowest BCUT2D eigenvalue weighted by Crippen LogP contribution is -2.66. The fraction of sp³-hybridized carbons (Fsp3) is 0.0690. The Labute approximate surface area is 358 Å². The van der Waals surface area contributed by atoms with E-state index in [1.165, 1.54) is 81.3 Å². The Morgan fingerprint density at radius 3 is 1.67 bits per heavy atom. The van der Waals surface area contributed by atoms with Crippen LogP contribution in [0.4, 0.5) is 17.1 Å². The summed E-state index contributed by atoms with van der Waals surface area (Å²) in [5.74, 6) is 2.00. The van der Waals surface area contributed by atoms with Crippen molar-refractivity contribution in [2.75, 3.05) is 4.90 Å². The molecule has 0 saturated carbocycles. The molecule has 0 bridgehead atoms. The Kier molecular flexibility index (Phi) is 7.85. The minimum Gasteiger partial charge on any atom is -0.457 e. The first kappa shape index (κ1) is 35.7. The van der Waals surface area contributed by atoms with Gasteiger partial charge in [-0.15, -0.1) is 0 Å². The fourth-order valence-corrected chi connectivity index (χ4v) is 14.5. The Hall–Kier alpha value is -7.20. The quantitative estimate of drug-likeness (QED) is 0.127. The first-order chi connectivity index (χ1) is 29.9. The van der Waals surface area contributed by atoms with Gasteiger partial charge in [-0.05, 0) is 118 Å². The molecule has 3 heteroatoms. The molecule has 0 aromatic heterocycles. The maximum atomic E-state index is 7.08. The smallest absolute Gasteiger partial charge is 0.155 e. The summed E-state index contributed by atoms with van der Waals surface area (Å²) >= 11 is 0. The lowest BCUT2D eigenvalue weighted by molar-refractivity contribution is 0.487. The van der Waals surface area contributed by atoms with E-state index in [4.69, 9.17) is 4.74 Å². The van der Waals surface area contributed by atoms with Gasteiger partial charge in [0.25, 0.3) is 0 Å². The molecular weight excluding hydrogens is 755 g/mol. The summed E-state index contributed by atoms with van der Waals surface area (Å²) in [5.41, 5.74) is 10.6. The molecule has 0 radical (unpaired) electrons. The van der Waals surface area contributed by atoms with Crippen molar-refractivity contribution in [3.05, 3.63) is 217 Å². The van der Waals surface area contributed by atoms with Crippen LogP contribution in [0.5, 0.6) is 11.5 Å². The van der Waals surface area contributed by atoms with Crippen molar-refractivity contribution in [2.45, 2.75) is 25.8 Å². The molecule has 0 N–H and O–H groups in total. The van der Waals surface area contributed by atoms with Crippen molar-refractivity contribution in [3.63, 3.8) is 0 Å². The highest BCUT2D eigenvalue weighted by atomic mass is 28.3. The summed E-state index contributed by atoms with van der Waals surface area (Å²) in [6, 6.07) is 76.1. The van der Waals surface area contributed by atoms with Crippen molar-refractivity contribution in [1.82, 2.24) is 0 Å². The maximum absolute atomic E-state index is 7.08. The molecule has 61 heavy (non-hydrogen) atoms. The minimum absolute atomic E-state index is 0.262. The van der Waals surface area contributed by atoms with Gasteiger partial charge in [-0.2, -0.15) is 0 Å². The summed E-state index contributed by atoms with van der Waals surface area (Å²) in [6.45, 7) is 7.25. The molecular formula is C58H43NOSi. The van der Waals surface area contributed by atoms with E-state index in [0.29, 0.717) is 0 Å². The molecule has 2 aliphatic rings. The number of hydrogen-bond donors (Lipinski definition) is 0. The lowest BCUT2D eigenvalue weighted by Gasteiger charge is -2.37. The Balaban J connectivity index is 1.06. The summed E-state index contributed by atoms with van der Waals surface area (Å²) in [5, 5.41) is 11.7. The average Bonchev–Trinajstić information content (AvgIpc) is 3.55. The van der Waals surface area contributed by atoms with Gasteiger partial charge in [-0.1, -0.05) is 184 Å². The number of hydrogen-bond acceptors (Lipinski definition) is 2. The molecule has 290 valence electrons. The van der Waals surface area contributed by atoms with Gasteiger partial charge in [0.05, 0.1) is 0 Å². The molecule has 1 aliphatic carbocycles. The van der Waals surface area contributed by atoms with E-state index in [1.54, 1.807) is 0 Å². The molecule has 1 atom stereocenters. The predicted molar refractivity (Wildman–Crippen MR) is 260 cm³/mol. The summed E-state index contributed by atoms with van der Waals surface area (Å²) in [6.07, 6.45) is 0. The summed E-state index contributed by atoms with van der Waals surface area (Å²) in [4.78, 5) is 2.44. The zero-order chi connectivity index (χ0) is 40.9. The van der Waals surface area contributed by atoms with Crippen molar-refractivity contribution in [3.8, 4) is 33.8 Å². The van der Waals surface area contributed by atoms with Crippen molar-refractivity contribution in [1.29, 1.82) is 0 Å². The highest BCUT2D eigenvalue weighted by Crippen LogP contribution is 2.55. The molecule has 2 nitrogen and oxygen atoms in total. The SMILES string of the molecule is CC1(C)c2cc(N(c3ccc(-c4ccccc4)cc3)c3ccc4c5ccccc5c5ccccc5c4c3)ccc2-c2c1ccc1c2Oc2ccccc2[Si]1(C)c1ccccc1. The van der Waals surface area contributed by atoms with Crippen LogP contribution in [0.25, 0.3) is 54.6 Å². The predicted octanol–water partition coefficient (Wildman–Crippen LogP) is 13.8. The van der Waals surface area contributed by atoms with Crippen LogP contribution in [0, 0.1) is 0 Å². The van der Waals surface area contributed by atoms with Crippen LogP contribution >= 0.6 is 0 Å². The molecule has 1 unspecified atom stereocenters. The fourth-order valence-electron chi connectivity index (χ4n) is 10.6. The monoisotopic (exact) mass is 797 g/mol. The van der Waals surface area contributed by atoms with Crippen LogP contribution in [0.15, 0.2) is 206 Å². The third kappa shape index (κ3) is 5.27. The molecule has 10 aromatic carbocycles. The summed E-state index contributed by atoms with van der Waals surface area (Å²) < 4.78 is 7.08. The third-order valence-corrected chi connectivity index (χ3v) is 18.2. The van der Waals surface area contributed by atoms with Crippen molar-refractivity contribution >= 4 is 73.0 Å². The zero-order valence-electron chi connectivity index (χ0n) is 34.5. The van der Waals surface area contributed by atoms with Gasteiger partial charge < -0.3 is 9.64 Å². The van der Waals surface area contributed by atoms with Gasteiger partial charge in [-0.25, -0.2) is 0 Å². The number of nitrogens with zero attached hydrogens (tertiary/aromatic N) is 1. The highest BCUT2D eigenvalue weighted by molar-refractivity contribution is 7.11. The molecule has 12 rings (SSSR count). The molecule has 1 heterocycles. The topological polar surface area (TPSA) is 12.5 Å². The Morgan fingerprint density at radius 2 is 0.967 bits per heavy atom. The summed E-state index contributed by atoms with van der Waals surface area (Å²) in [7, 11) is -2.40. The number of rotatable bonds is 5. The zero-order valence-corrected chi connectivity index (χ0v) is 35.5. The third-order valence-electron chi connectivity index (χ3n) is 13.8. The first-order valence-electron chi connectivity index (χ1n) is 21.3. The van der Waals surface area contributed by atoms with Gasteiger partial charge in [0.15, 0.2) is 8.07 Å². The second-order valence-electron chi connectivity index (χ2n) is 17.4.